The Morgan fingerprint density at radius 1 is 0.529 bits per heavy atom. The van der Waals surface area contributed by atoms with Crippen molar-refractivity contribution in [1.29, 1.82) is 0 Å². The van der Waals surface area contributed by atoms with Crippen LogP contribution in [0.3, 0.4) is 0 Å². The predicted octanol–water partition coefficient (Wildman–Crippen LogP) is 12.8. The number of hydrogen-bond acceptors (Lipinski definition) is 2. The molecule has 1 aliphatic carbocycles. The molecule has 8 aromatic rings. The Kier molecular flexibility index (Phi) is 7.25. The molecule has 6 aromatic carbocycles. The number of fused-ring (bicyclic) bond motifs is 4. The molecule has 51 heavy (non-hydrogen) atoms. The average molecular weight is 658 g/mol. The molecule has 0 N–H and O–H groups in total. The van der Waals surface area contributed by atoms with Gasteiger partial charge in [0.1, 0.15) is 0 Å². The van der Waals surface area contributed by atoms with E-state index < -0.39 is 0 Å². The number of aryl methyl sites for hydroxylation is 1. The number of rotatable bonds is 6. The monoisotopic (exact) mass is 657 g/mol. The second-order valence-electron chi connectivity index (χ2n) is 14.2. The zero-order chi connectivity index (χ0) is 34.7. The van der Waals surface area contributed by atoms with E-state index in [1.165, 1.54) is 61.2 Å². The third-order valence-electron chi connectivity index (χ3n) is 10.9. The van der Waals surface area contributed by atoms with Crippen LogP contribution in [0.4, 0.5) is 17.1 Å². The zero-order valence-corrected chi connectivity index (χ0v) is 29.4. The van der Waals surface area contributed by atoms with E-state index in [2.05, 4.69) is 188 Å². The standard InChI is InChI=1S/C48H39N3/c1-32-33(2)50(38-12-6-5-7-13-38)47-27-20-36(29-44(32)47)34-16-21-39(22-17-34)51(40-23-18-35(19-24-40)37-11-10-28-49-31-37)41-25-26-43-42-14-8-9-15-45(42)48(3,4)46(43)30-41/h5-31H,1-4H3. The van der Waals surface area contributed by atoms with Crippen LogP contribution in [0.15, 0.2) is 164 Å². The van der Waals surface area contributed by atoms with Gasteiger partial charge in [0.2, 0.25) is 0 Å². The molecule has 0 fully saturated rings. The van der Waals surface area contributed by atoms with Crippen LogP contribution in [0.25, 0.3) is 50.0 Å². The van der Waals surface area contributed by atoms with Crippen molar-refractivity contribution < 1.29 is 0 Å². The van der Waals surface area contributed by atoms with Gasteiger partial charge in [0.25, 0.3) is 0 Å². The van der Waals surface area contributed by atoms with Crippen LogP contribution in [0.2, 0.25) is 0 Å². The third-order valence-corrected chi connectivity index (χ3v) is 10.9. The van der Waals surface area contributed by atoms with Crippen LogP contribution in [0.1, 0.15) is 36.2 Å². The Hall–Kier alpha value is -6.19. The topological polar surface area (TPSA) is 21.1 Å². The smallest absolute Gasteiger partial charge is 0.0534 e. The Labute approximate surface area is 300 Å². The molecule has 3 nitrogen and oxygen atoms in total. The van der Waals surface area contributed by atoms with E-state index in [0.717, 1.165) is 28.2 Å². The molecule has 0 saturated carbocycles. The summed E-state index contributed by atoms with van der Waals surface area (Å²) in [5.74, 6) is 0. The fourth-order valence-electron chi connectivity index (χ4n) is 8.08. The van der Waals surface area contributed by atoms with Crippen LogP contribution in [-0.2, 0) is 5.41 Å². The Morgan fingerprint density at radius 3 is 1.86 bits per heavy atom. The summed E-state index contributed by atoms with van der Waals surface area (Å²) in [7, 11) is 0. The fraction of sp³-hybridized carbons (Fsp3) is 0.104. The highest BCUT2D eigenvalue weighted by atomic mass is 15.1. The molecule has 3 heteroatoms. The van der Waals surface area contributed by atoms with Gasteiger partial charge in [0.05, 0.1) is 5.52 Å². The average Bonchev–Trinajstić information content (AvgIpc) is 3.57. The summed E-state index contributed by atoms with van der Waals surface area (Å²) in [6, 6.07) is 55.3. The van der Waals surface area contributed by atoms with E-state index in [0.29, 0.717) is 0 Å². The largest absolute Gasteiger partial charge is 0.314 e. The summed E-state index contributed by atoms with van der Waals surface area (Å²) in [5.41, 5.74) is 18.4. The van der Waals surface area contributed by atoms with Gasteiger partial charge in [-0.15, -0.1) is 0 Å². The molecule has 0 saturated heterocycles. The minimum atomic E-state index is -0.0871. The quantitative estimate of drug-likeness (QED) is 0.177. The minimum absolute atomic E-state index is 0.0871. The van der Waals surface area contributed by atoms with Crippen molar-refractivity contribution in [3.05, 3.63) is 186 Å². The SMILES string of the molecule is Cc1c(C)n(-c2ccccc2)c2ccc(-c3ccc(N(c4ccc(-c5cccnc5)cc4)c4ccc5c(c4)C(C)(C)c4ccccc4-5)cc3)cc12. The molecule has 2 heterocycles. The molecule has 246 valence electrons. The van der Waals surface area contributed by atoms with E-state index in [1.54, 1.807) is 0 Å². The third kappa shape index (κ3) is 5.08. The van der Waals surface area contributed by atoms with Crippen molar-refractivity contribution in [2.75, 3.05) is 4.90 Å². The van der Waals surface area contributed by atoms with Gasteiger partial charge in [-0.3, -0.25) is 4.98 Å². The number of benzene rings is 6. The Morgan fingerprint density at radius 2 is 1.16 bits per heavy atom. The molecular formula is C48H39N3. The molecule has 0 bridgehead atoms. The van der Waals surface area contributed by atoms with Crippen molar-refractivity contribution in [2.45, 2.75) is 33.1 Å². The van der Waals surface area contributed by atoms with Gasteiger partial charge in [-0.25, -0.2) is 0 Å². The van der Waals surface area contributed by atoms with Crippen LogP contribution < -0.4 is 4.90 Å². The summed E-state index contributed by atoms with van der Waals surface area (Å²) in [6.45, 7) is 9.14. The van der Waals surface area contributed by atoms with E-state index in [4.69, 9.17) is 0 Å². The highest BCUT2D eigenvalue weighted by Gasteiger charge is 2.35. The van der Waals surface area contributed by atoms with Gasteiger partial charge in [0, 0.05) is 51.6 Å². The number of anilines is 3. The van der Waals surface area contributed by atoms with Crippen molar-refractivity contribution >= 4 is 28.0 Å². The van der Waals surface area contributed by atoms with Crippen LogP contribution in [0.5, 0.6) is 0 Å². The van der Waals surface area contributed by atoms with Crippen LogP contribution in [0, 0.1) is 13.8 Å². The molecular weight excluding hydrogens is 619 g/mol. The lowest BCUT2D eigenvalue weighted by Gasteiger charge is -2.28. The lowest BCUT2D eigenvalue weighted by atomic mass is 9.82. The first-order valence-corrected chi connectivity index (χ1v) is 17.7. The normalized spacial score (nSPS) is 12.9. The zero-order valence-electron chi connectivity index (χ0n) is 29.4. The van der Waals surface area contributed by atoms with Gasteiger partial charge in [-0.05, 0) is 131 Å². The molecule has 0 spiro atoms. The number of para-hydroxylation sites is 1. The molecule has 2 aromatic heterocycles. The first kappa shape index (κ1) is 30.8. The maximum absolute atomic E-state index is 4.34. The van der Waals surface area contributed by atoms with Crippen LogP contribution in [-0.4, -0.2) is 9.55 Å². The molecule has 0 aliphatic heterocycles. The summed E-state index contributed by atoms with van der Waals surface area (Å²) < 4.78 is 2.37. The number of aromatic nitrogens is 2. The highest BCUT2D eigenvalue weighted by Crippen LogP contribution is 2.50. The first-order valence-electron chi connectivity index (χ1n) is 17.7. The van der Waals surface area contributed by atoms with Gasteiger partial charge in [-0.1, -0.05) is 98.8 Å². The summed E-state index contributed by atoms with van der Waals surface area (Å²) in [4.78, 5) is 6.72. The molecule has 0 atom stereocenters. The van der Waals surface area contributed by atoms with E-state index in [1.807, 2.05) is 18.5 Å². The summed E-state index contributed by atoms with van der Waals surface area (Å²) >= 11 is 0. The number of nitrogens with zero attached hydrogens (tertiary/aromatic N) is 3. The predicted molar refractivity (Wildman–Crippen MR) is 214 cm³/mol. The highest BCUT2D eigenvalue weighted by molar-refractivity contribution is 5.92. The first-order chi connectivity index (χ1) is 24.9. The Bertz CT molecular complexity index is 2540. The molecule has 1 aliphatic rings. The van der Waals surface area contributed by atoms with Crippen molar-refractivity contribution in [3.8, 4) is 39.1 Å². The second-order valence-corrected chi connectivity index (χ2v) is 14.2. The van der Waals surface area contributed by atoms with Gasteiger partial charge >= 0.3 is 0 Å². The van der Waals surface area contributed by atoms with Gasteiger partial charge < -0.3 is 9.47 Å². The van der Waals surface area contributed by atoms with Crippen molar-refractivity contribution in [1.82, 2.24) is 9.55 Å². The van der Waals surface area contributed by atoms with Gasteiger partial charge in [-0.2, -0.15) is 0 Å². The van der Waals surface area contributed by atoms with E-state index in [9.17, 15) is 0 Å². The van der Waals surface area contributed by atoms with Crippen molar-refractivity contribution in [2.24, 2.45) is 0 Å². The Balaban J connectivity index is 1.12. The molecule has 0 unspecified atom stereocenters. The van der Waals surface area contributed by atoms with Crippen LogP contribution >= 0.6 is 0 Å². The van der Waals surface area contributed by atoms with E-state index in [-0.39, 0.29) is 5.41 Å². The number of hydrogen-bond donors (Lipinski definition) is 0. The van der Waals surface area contributed by atoms with Crippen molar-refractivity contribution in [3.63, 3.8) is 0 Å². The summed E-state index contributed by atoms with van der Waals surface area (Å²) in [6.07, 6.45) is 3.74. The van der Waals surface area contributed by atoms with E-state index >= 15 is 0 Å². The molecule has 9 rings (SSSR count). The fourth-order valence-corrected chi connectivity index (χ4v) is 8.08. The molecule has 0 radical (unpaired) electrons. The maximum atomic E-state index is 4.34. The minimum Gasteiger partial charge on any atom is -0.314 e. The second kappa shape index (κ2) is 12.0. The van der Waals surface area contributed by atoms with Gasteiger partial charge in [0.15, 0.2) is 0 Å². The lowest BCUT2D eigenvalue weighted by Crippen LogP contribution is -2.16. The molecule has 0 amide bonds. The maximum Gasteiger partial charge on any atom is 0.0534 e. The number of pyridine rings is 1. The lowest BCUT2D eigenvalue weighted by molar-refractivity contribution is 0.660. The summed E-state index contributed by atoms with van der Waals surface area (Å²) in [5, 5.41) is 1.29.